The molecule has 1 atom stereocenters. The van der Waals surface area contributed by atoms with Crippen molar-refractivity contribution in [2.75, 3.05) is 18.0 Å². The van der Waals surface area contributed by atoms with Crippen LogP contribution in [0.15, 0.2) is 34.9 Å². The molecule has 1 fully saturated rings. The molecule has 88 valence electrons. The Kier molecular flexibility index (Phi) is 2.76. The van der Waals surface area contributed by atoms with Gasteiger partial charge in [-0.1, -0.05) is 28.1 Å². The topological polar surface area (TPSA) is 36.4 Å². The fourth-order valence-electron chi connectivity index (χ4n) is 2.34. The zero-order valence-electron chi connectivity index (χ0n) is 9.31. The molecule has 0 saturated carbocycles. The number of anilines is 1. The molecule has 0 unspecified atom stereocenters. The number of rotatable bonds is 1. The zero-order chi connectivity index (χ0) is 11.8. The summed E-state index contributed by atoms with van der Waals surface area (Å²) in [7, 11) is 0. The molecule has 3 rings (SSSR count). The van der Waals surface area contributed by atoms with Gasteiger partial charge in [0.25, 0.3) is 0 Å². The molecule has 2 aromatic rings. The third kappa shape index (κ3) is 1.91. The van der Waals surface area contributed by atoms with Crippen molar-refractivity contribution in [3.63, 3.8) is 0 Å². The highest BCUT2D eigenvalue weighted by Crippen LogP contribution is 2.31. The Morgan fingerprint density at radius 1 is 1.29 bits per heavy atom. The van der Waals surface area contributed by atoms with E-state index < -0.39 is 0 Å². The fourth-order valence-corrected chi connectivity index (χ4v) is 2.84. The van der Waals surface area contributed by atoms with Gasteiger partial charge in [0, 0.05) is 34.5 Å². The molecule has 0 bridgehead atoms. The first kappa shape index (κ1) is 11.0. The number of β-amino-alcohol motifs (C(OH)–C–C–N with tert-alkyl or cyclic N) is 1. The van der Waals surface area contributed by atoms with Crippen LogP contribution in [-0.2, 0) is 0 Å². The molecule has 1 aliphatic rings. The molecule has 0 aliphatic carbocycles. The zero-order valence-corrected chi connectivity index (χ0v) is 10.9. The molecular formula is C13H13BrN2O. The molecule has 1 aliphatic heterocycles. The number of aliphatic hydroxyl groups excluding tert-OH is 1. The van der Waals surface area contributed by atoms with Crippen molar-refractivity contribution in [3.05, 3.63) is 34.9 Å². The van der Waals surface area contributed by atoms with Gasteiger partial charge in [0.2, 0.25) is 0 Å². The minimum absolute atomic E-state index is 0.223. The smallest absolute Gasteiger partial charge is 0.136 e. The van der Waals surface area contributed by atoms with Gasteiger partial charge in [-0.3, -0.25) is 0 Å². The van der Waals surface area contributed by atoms with Gasteiger partial charge in [0.05, 0.1) is 6.10 Å². The van der Waals surface area contributed by atoms with E-state index in [9.17, 15) is 5.11 Å². The molecule has 3 nitrogen and oxygen atoms in total. The molecule has 1 aromatic carbocycles. The summed E-state index contributed by atoms with van der Waals surface area (Å²) in [6.45, 7) is 1.55. The average molecular weight is 293 g/mol. The summed E-state index contributed by atoms with van der Waals surface area (Å²) in [6, 6.07) is 8.14. The van der Waals surface area contributed by atoms with Gasteiger partial charge in [-0.25, -0.2) is 4.98 Å². The lowest BCUT2D eigenvalue weighted by Crippen LogP contribution is -2.22. The van der Waals surface area contributed by atoms with Crippen LogP contribution in [0, 0.1) is 0 Å². The molecule has 17 heavy (non-hydrogen) atoms. The van der Waals surface area contributed by atoms with Crippen molar-refractivity contribution < 1.29 is 5.11 Å². The van der Waals surface area contributed by atoms with E-state index in [1.165, 1.54) is 5.39 Å². The van der Waals surface area contributed by atoms with E-state index in [1.54, 1.807) is 0 Å². The van der Waals surface area contributed by atoms with Gasteiger partial charge in [-0.15, -0.1) is 0 Å². The number of benzene rings is 1. The van der Waals surface area contributed by atoms with Crippen LogP contribution in [0.3, 0.4) is 0 Å². The number of nitrogens with zero attached hydrogens (tertiary/aromatic N) is 2. The maximum atomic E-state index is 9.61. The largest absolute Gasteiger partial charge is 0.391 e. The quantitative estimate of drug-likeness (QED) is 0.878. The summed E-state index contributed by atoms with van der Waals surface area (Å²) in [6.07, 6.45) is 2.43. The number of halogens is 1. The Bertz CT molecular complexity index is 558. The second kappa shape index (κ2) is 4.27. The van der Waals surface area contributed by atoms with Gasteiger partial charge in [-0.2, -0.15) is 0 Å². The van der Waals surface area contributed by atoms with Crippen molar-refractivity contribution in [2.24, 2.45) is 0 Å². The Morgan fingerprint density at radius 3 is 2.94 bits per heavy atom. The van der Waals surface area contributed by atoms with Gasteiger partial charge >= 0.3 is 0 Å². The summed E-state index contributed by atoms with van der Waals surface area (Å²) in [5.74, 6) is 0.973. The van der Waals surface area contributed by atoms with E-state index in [-0.39, 0.29) is 6.10 Å². The van der Waals surface area contributed by atoms with E-state index in [2.05, 4.69) is 31.9 Å². The van der Waals surface area contributed by atoms with Gasteiger partial charge in [-0.05, 0) is 18.6 Å². The Morgan fingerprint density at radius 2 is 2.18 bits per heavy atom. The predicted molar refractivity (Wildman–Crippen MR) is 72.3 cm³/mol. The number of hydrogen-bond donors (Lipinski definition) is 1. The highest BCUT2D eigenvalue weighted by Gasteiger charge is 2.22. The van der Waals surface area contributed by atoms with E-state index in [0.29, 0.717) is 6.54 Å². The van der Waals surface area contributed by atoms with E-state index in [0.717, 1.165) is 28.6 Å². The Hall–Kier alpha value is -1.13. The first-order valence-electron chi connectivity index (χ1n) is 5.72. The van der Waals surface area contributed by atoms with Gasteiger partial charge < -0.3 is 10.0 Å². The molecule has 2 heterocycles. The standard InChI is InChI=1S/C13H13BrN2O/c14-12-3-1-2-11-10(12)4-6-15-13(11)16-7-5-9(17)8-16/h1-4,6,9,17H,5,7-8H2/t9-/m1/s1. The molecule has 0 amide bonds. The summed E-state index contributed by atoms with van der Waals surface area (Å²) in [4.78, 5) is 6.61. The lowest BCUT2D eigenvalue weighted by atomic mass is 10.1. The third-order valence-electron chi connectivity index (χ3n) is 3.19. The first-order valence-corrected chi connectivity index (χ1v) is 6.51. The third-order valence-corrected chi connectivity index (χ3v) is 3.89. The highest BCUT2D eigenvalue weighted by atomic mass is 79.9. The normalized spacial score (nSPS) is 20.1. The average Bonchev–Trinajstić information content (AvgIpc) is 2.76. The monoisotopic (exact) mass is 292 g/mol. The fraction of sp³-hybridized carbons (Fsp3) is 0.308. The highest BCUT2D eigenvalue weighted by molar-refractivity contribution is 9.10. The van der Waals surface area contributed by atoms with Crippen molar-refractivity contribution in [2.45, 2.75) is 12.5 Å². The summed E-state index contributed by atoms with van der Waals surface area (Å²) in [5.41, 5.74) is 0. The second-order valence-electron chi connectivity index (χ2n) is 4.36. The summed E-state index contributed by atoms with van der Waals surface area (Å²) < 4.78 is 1.08. The molecule has 1 saturated heterocycles. The lowest BCUT2D eigenvalue weighted by molar-refractivity contribution is 0.198. The maximum Gasteiger partial charge on any atom is 0.136 e. The van der Waals surface area contributed by atoms with Crippen molar-refractivity contribution >= 4 is 32.5 Å². The minimum atomic E-state index is -0.223. The van der Waals surface area contributed by atoms with Crippen LogP contribution < -0.4 is 4.90 Å². The van der Waals surface area contributed by atoms with Gasteiger partial charge in [0.15, 0.2) is 0 Å². The van der Waals surface area contributed by atoms with E-state index in [4.69, 9.17) is 0 Å². The summed E-state index contributed by atoms with van der Waals surface area (Å²) >= 11 is 3.56. The summed E-state index contributed by atoms with van der Waals surface area (Å²) in [5, 5.41) is 11.9. The SMILES string of the molecule is O[C@@H]1CCN(c2nccc3c(Br)cccc23)C1. The van der Waals surface area contributed by atoms with Crippen molar-refractivity contribution in [3.8, 4) is 0 Å². The Balaban J connectivity index is 2.13. The second-order valence-corrected chi connectivity index (χ2v) is 5.21. The van der Waals surface area contributed by atoms with Crippen LogP contribution in [0.2, 0.25) is 0 Å². The van der Waals surface area contributed by atoms with Crippen LogP contribution in [0.4, 0.5) is 5.82 Å². The minimum Gasteiger partial charge on any atom is -0.391 e. The van der Waals surface area contributed by atoms with Crippen molar-refractivity contribution in [1.29, 1.82) is 0 Å². The molecule has 0 radical (unpaired) electrons. The van der Waals surface area contributed by atoms with Crippen LogP contribution in [0.1, 0.15) is 6.42 Å². The maximum absolute atomic E-state index is 9.61. The number of aliphatic hydroxyl groups is 1. The number of aromatic nitrogens is 1. The van der Waals surface area contributed by atoms with Crippen LogP contribution >= 0.6 is 15.9 Å². The number of hydrogen-bond acceptors (Lipinski definition) is 3. The predicted octanol–water partition coefficient (Wildman–Crippen LogP) is 2.57. The van der Waals surface area contributed by atoms with E-state index in [1.807, 2.05) is 24.4 Å². The molecule has 4 heteroatoms. The first-order chi connectivity index (χ1) is 8.25. The van der Waals surface area contributed by atoms with Gasteiger partial charge in [0.1, 0.15) is 5.82 Å². The number of fused-ring (bicyclic) bond motifs is 1. The van der Waals surface area contributed by atoms with Crippen LogP contribution in [0.25, 0.3) is 10.8 Å². The number of pyridine rings is 1. The molecule has 1 N–H and O–H groups in total. The van der Waals surface area contributed by atoms with Crippen LogP contribution in [-0.4, -0.2) is 29.3 Å². The molecular weight excluding hydrogens is 280 g/mol. The Labute approximate surface area is 108 Å². The molecule has 1 aromatic heterocycles. The van der Waals surface area contributed by atoms with Crippen molar-refractivity contribution in [1.82, 2.24) is 4.98 Å². The molecule has 0 spiro atoms. The van der Waals surface area contributed by atoms with E-state index >= 15 is 0 Å². The lowest BCUT2D eigenvalue weighted by Gasteiger charge is -2.18. The van der Waals surface area contributed by atoms with Crippen LogP contribution in [0.5, 0.6) is 0 Å².